The first-order chi connectivity index (χ1) is 12.1. The Bertz CT molecular complexity index is 931. The van der Waals surface area contributed by atoms with Gasteiger partial charge in [-0.1, -0.05) is 36.9 Å². The zero-order valence-corrected chi connectivity index (χ0v) is 15.8. The van der Waals surface area contributed by atoms with Gasteiger partial charge in [0.25, 0.3) is 0 Å². The van der Waals surface area contributed by atoms with Crippen molar-refractivity contribution in [2.75, 3.05) is 14.2 Å². The molecular formula is C19H18O4S2. The highest BCUT2D eigenvalue weighted by Crippen LogP contribution is 2.46. The zero-order chi connectivity index (χ0) is 18.0. The molecule has 0 atom stereocenters. The monoisotopic (exact) mass is 374 g/mol. The Balaban J connectivity index is 2.21. The van der Waals surface area contributed by atoms with Crippen LogP contribution >= 0.6 is 23.1 Å². The lowest BCUT2D eigenvalue weighted by Crippen LogP contribution is -1.94. The Morgan fingerprint density at radius 3 is 2.48 bits per heavy atom. The topological polar surface area (TPSA) is 55.8 Å². The van der Waals surface area contributed by atoms with E-state index in [-0.39, 0.29) is 0 Å². The van der Waals surface area contributed by atoms with Crippen LogP contribution in [0.4, 0.5) is 0 Å². The summed E-state index contributed by atoms with van der Waals surface area (Å²) in [4.78, 5) is 13.9. The number of carbonyl (C=O) groups is 1. The molecule has 0 bridgehead atoms. The molecule has 3 rings (SSSR count). The van der Waals surface area contributed by atoms with Gasteiger partial charge in [0.1, 0.15) is 4.88 Å². The maximum atomic E-state index is 11.8. The van der Waals surface area contributed by atoms with E-state index in [0.29, 0.717) is 16.4 Å². The number of carboxylic acid groups (broad SMARTS) is 1. The standard InChI is InChI=1S/C19H18O4S2/c1-4-11-7-5-6-8-15(11)24-17-12-9-13(22-2)14(23-3)10-16(12)25-18(17)19(20)21/h5-10H,4H2,1-3H3,(H,20,21). The summed E-state index contributed by atoms with van der Waals surface area (Å²) in [5.41, 5.74) is 1.20. The largest absolute Gasteiger partial charge is 0.493 e. The molecule has 0 saturated carbocycles. The second-order valence-corrected chi connectivity index (χ2v) is 7.44. The molecule has 0 amide bonds. The van der Waals surface area contributed by atoms with Crippen molar-refractivity contribution in [2.45, 2.75) is 23.1 Å². The highest BCUT2D eigenvalue weighted by Gasteiger charge is 2.21. The second-order valence-electron chi connectivity index (χ2n) is 5.33. The smallest absolute Gasteiger partial charge is 0.347 e. The van der Waals surface area contributed by atoms with Crippen molar-refractivity contribution in [3.63, 3.8) is 0 Å². The van der Waals surface area contributed by atoms with Crippen molar-refractivity contribution in [3.05, 3.63) is 46.8 Å². The molecule has 0 spiro atoms. The maximum absolute atomic E-state index is 11.8. The normalized spacial score (nSPS) is 10.8. The molecule has 0 unspecified atom stereocenters. The van der Waals surface area contributed by atoms with Gasteiger partial charge < -0.3 is 14.6 Å². The van der Waals surface area contributed by atoms with E-state index in [2.05, 4.69) is 13.0 Å². The summed E-state index contributed by atoms with van der Waals surface area (Å²) in [7, 11) is 3.15. The van der Waals surface area contributed by atoms with E-state index in [1.54, 1.807) is 14.2 Å². The van der Waals surface area contributed by atoms with Crippen LogP contribution in [-0.2, 0) is 6.42 Å². The Labute approximate surface area is 154 Å². The molecule has 0 aliphatic heterocycles. The number of rotatable bonds is 6. The summed E-state index contributed by atoms with van der Waals surface area (Å²) in [6.07, 6.45) is 0.894. The number of benzene rings is 2. The van der Waals surface area contributed by atoms with Crippen molar-refractivity contribution in [1.82, 2.24) is 0 Å². The molecule has 0 aliphatic carbocycles. The van der Waals surface area contributed by atoms with Crippen LogP contribution in [-0.4, -0.2) is 25.3 Å². The zero-order valence-electron chi connectivity index (χ0n) is 14.2. The van der Waals surface area contributed by atoms with Crippen molar-refractivity contribution in [1.29, 1.82) is 0 Å². The summed E-state index contributed by atoms with van der Waals surface area (Å²) in [6.45, 7) is 2.09. The fourth-order valence-electron chi connectivity index (χ4n) is 2.65. The Morgan fingerprint density at radius 1 is 1.16 bits per heavy atom. The lowest BCUT2D eigenvalue weighted by molar-refractivity contribution is 0.0699. The van der Waals surface area contributed by atoms with Gasteiger partial charge in [-0.2, -0.15) is 0 Å². The molecule has 130 valence electrons. The third kappa shape index (κ3) is 3.32. The van der Waals surface area contributed by atoms with Crippen LogP contribution in [0.5, 0.6) is 11.5 Å². The van der Waals surface area contributed by atoms with Crippen molar-refractivity contribution < 1.29 is 19.4 Å². The molecule has 0 fully saturated rings. The van der Waals surface area contributed by atoms with E-state index >= 15 is 0 Å². The number of fused-ring (bicyclic) bond motifs is 1. The fraction of sp³-hybridized carbons (Fsp3) is 0.211. The highest BCUT2D eigenvalue weighted by atomic mass is 32.2. The lowest BCUT2D eigenvalue weighted by atomic mass is 10.2. The summed E-state index contributed by atoms with van der Waals surface area (Å²) in [5.74, 6) is 0.268. The van der Waals surface area contributed by atoms with Gasteiger partial charge in [0, 0.05) is 25.9 Å². The molecule has 2 aromatic carbocycles. The first-order valence-corrected chi connectivity index (χ1v) is 9.39. The number of ether oxygens (including phenoxy) is 2. The molecule has 3 aromatic rings. The maximum Gasteiger partial charge on any atom is 0.347 e. The first-order valence-electron chi connectivity index (χ1n) is 7.76. The molecular weight excluding hydrogens is 356 g/mol. The van der Waals surface area contributed by atoms with E-state index in [1.165, 1.54) is 28.7 Å². The van der Waals surface area contributed by atoms with Gasteiger partial charge in [-0.25, -0.2) is 4.79 Å². The summed E-state index contributed by atoms with van der Waals surface area (Å²) in [5, 5.41) is 10.5. The van der Waals surface area contributed by atoms with Crippen molar-refractivity contribution >= 4 is 39.2 Å². The van der Waals surface area contributed by atoms with E-state index in [4.69, 9.17) is 9.47 Å². The second kappa shape index (κ2) is 7.37. The summed E-state index contributed by atoms with van der Waals surface area (Å²) in [6, 6.07) is 11.8. The third-order valence-corrected chi connectivity index (χ3v) is 6.42. The van der Waals surface area contributed by atoms with E-state index in [0.717, 1.165) is 26.3 Å². The average molecular weight is 374 g/mol. The molecule has 1 heterocycles. The number of aromatic carboxylic acids is 1. The van der Waals surface area contributed by atoms with Gasteiger partial charge >= 0.3 is 5.97 Å². The van der Waals surface area contributed by atoms with E-state index in [1.807, 2.05) is 30.3 Å². The van der Waals surface area contributed by atoms with Gasteiger partial charge in [0.15, 0.2) is 11.5 Å². The van der Waals surface area contributed by atoms with Crippen LogP contribution in [0.15, 0.2) is 46.2 Å². The molecule has 0 radical (unpaired) electrons. The van der Waals surface area contributed by atoms with Crippen LogP contribution in [0.25, 0.3) is 10.1 Å². The van der Waals surface area contributed by atoms with Crippen LogP contribution in [0, 0.1) is 0 Å². The minimum atomic E-state index is -0.921. The van der Waals surface area contributed by atoms with Crippen LogP contribution < -0.4 is 9.47 Å². The summed E-state index contributed by atoms with van der Waals surface area (Å²) >= 11 is 2.75. The number of hydrogen-bond donors (Lipinski definition) is 1. The highest BCUT2D eigenvalue weighted by molar-refractivity contribution is 8.00. The molecule has 4 nitrogen and oxygen atoms in total. The minimum absolute atomic E-state index is 0.334. The predicted octanol–water partition coefficient (Wildman–Crippen LogP) is 5.33. The predicted molar refractivity (Wildman–Crippen MR) is 102 cm³/mol. The fourth-order valence-corrected chi connectivity index (χ4v) is 5.08. The SMILES string of the molecule is CCc1ccccc1Sc1c(C(=O)O)sc2cc(OC)c(OC)cc12. The third-order valence-electron chi connectivity index (χ3n) is 3.91. The minimum Gasteiger partial charge on any atom is -0.493 e. The van der Waals surface area contributed by atoms with Gasteiger partial charge in [-0.3, -0.25) is 0 Å². The van der Waals surface area contributed by atoms with Crippen molar-refractivity contribution in [2.24, 2.45) is 0 Å². The number of thiophene rings is 1. The lowest BCUT2D eigenvalue weighted by Gasteiger charge is -2.09. The van der Waals surface area contributed by atoms with Crippen LogP contribution in [0.2, 0.25) is 0 Å². The van der Waals surface area contributed by atoms with E-state index in [9.17, 15) is 9.90 Å². The number of aryl methyl sites for hydroxylation is 1. The molecule has 1 N–H and O–H groups in total. The Kier molecular flexibility index (Phi) is 5.20. The molecule has 25 heavy (non-hydrogen) atoms. The molecule has 6 heteroatoms. The van der Waals surface area contributed by atoms with Crippen LogP contribution in [0.3, 0.4) is 0 Å². The number of methoxy groups -OCH3 is 2. The van der Waals surface area contributed by atoms with Gasteiger partial charge in [-0.05, 0) is 24.1 Å². The number of hydrogen-bond acceptors (Lipinski definition) is 5. The quantitative estimate of drug-likeness (QED) is 0.632. The molecule has 0 aliphatic rings. The number of carboxylic acids is 1. The Morgan fingerprint density at radius 2 is 1.84 bits per heavy atom. The van der Waals surface area contributed by atoms with E-state index < -0.39 is 5.97 Å². The van der Waals surface area contributed by atoms with Gasteiger partial charge in [0.2, 0.25) is 0 Å². The van der Waals surface area contributed by atoms with Gasteiger partial charge in [-0.15, -0.1) is 11.3 Å². The van der Waals surface area contributed by atoms with Gasteiger partial charge in [0.05, 0.1) is 14.2 Å². The molecule has 1 aromatic heterocycles. The molecule has 0 saturated heterocycles. The van der Waals surface area contributed by atoms with Crippen molar-refractivity contribution in [3.8, 4) is 11.5 Å². The van der Waals surface area contributed by atoms with Crippen LogP contribution in [0.1, 0.15) is 22.2 Å². The first kappa shape index (κ1) is 17.6. The average Bonchev–Trinajstić information content (AvgIpc) is 2.98. The Hall–Kier alpha value is -2.18. The summed E-state index contributed by atoms with van der Waals surface area (Å²) < 4.78 is 11.6.